The van der Waals surface area contributed by atoms with Crippen LogP contribution in [0.15, 0.2) is 30.5 Å². The molecule has 29 heavy (non-hydrogen) atoms. The molecule has 0 bridgehead atoms. The minimum Gasteiger partial charge on any atom is -0.388 e. The fourth-order valence-electron chi connectivity index (χ4n) is 4.82. The number of carbonyl (C=O) groups excluding carboxylic acids is 1. The van der Waals surface area contributed by atoms with Gasteiger partial charge >= 0.3 is 6.18 Å². The standard InChI is InChI=1S/C23H24F3NO2/c1-2-4-16-17(21(29)14-5-7-15(8-6-14)23(24,25)26)13-27-18-11-22(9-3-10-22)12-19(28)20(16)18/h5-8,13,19,28H,2-4,9-12H2,1H3. The van der Waals surface area contributed by atoms with Gasteiger partial charge in [-0.3, -0.25) is 9.78 Å². The predicted molar refractivity (Wildman–Crippen MR) is 103 cm³/mol. The minimum atomic E-state index is -4.44. The molecule has 0 radical (unpaired) electrons. The van der Waals surface area contributed by atoms with Crippen LogP contribution >= 0.6 is 0 Å². The second-order valence-electron chi connectivity index (χ2n) is 8.42. The molecule has 2 aromatic rings. The Hall–Kier alpha value is -2.21. The van der Waals surface area contributed by atoms with Crippen LogP contribution in [0.5, 0.6) is 0 Å². The normalized spacial score (nSPS) is 20.2. The third kappa shape index (κ3) is 3.59. The van der Waals surface area contributed by atoms with Gasteiger partial charge in [0.1, 0.15) is 0 Å². The first kappa shape index (κ1) is 20.1. The molecule has 1 N–H and O–H groups in total. The first-order valence-electron chi connectivity index (χ1n) is 10.1. The molecule has 1 atom stereocenters. The molecule has 1 spiro atoms. The van der Waals surface area contributed by atoms with Gasteiger partial charge in [-0.05, 0) is 55.2 Å². The Morgan fingerprint density at radius 3 is 2.48 bits per heavy atom. The van der Waals surface area contributed by atoms with Crippen LogP contribution in [0.25, 0.3) is 0 Å². The van der Waals surface area contributed by atoms with E-state index in [0.29, 0.717) is 18.4 Å². The molecular weight excluding hydrogens is 379 g/mol. The molecule has 1 fully saturated rings. The van der Waals surface area contributed by atoms with Crippen LogP contribution in [0.1, 0.15) is 83.4 Å². The number of ketones is 1. The average molecular weight is 403 g/mol. The summed E-state index contributed by atoms with van der Waals surface area (Å²) in [6, 6.07) is 4.27. The zero-order valence-corrected chi connectivity index (χ0v) is 16.4. The Kier molecular flexibility index (Phi) is 5.01. The van der Waals surface area contributed by atoms with Crippen molar-refractivity contribution in [2.45, 2.75) is 64.1 Å². The van der Waals surface area contributed by atoms with Crippen molar-refractivity contribution in [3.05, 3.63) is 64.0 Å². The summed E-state index contributed by atoms with van der Waals surface area (Å²) in [6.07, 6.45) is 2.76. The number of fused-ring (bicyclic) bond motifs is 1. The van der Waals surface area contributed by atoms with Crippen LogP contribution in [-0.2, 0) is 19.0 Å². The Morgan fingerprint density at radius 2 is 1.93 bits per heavy atom. The lowest BCUT2D eigenvalue weighted by Crippen LogP contribution is -2.38. The summed E-state index contributed by atoms with van der Waals surface area (Å²) in [6.45, 7) is 2.00. The van der Waals surface area contributed by atoms with Crippen LogP contribution < -0.4 is 0 Å². The number of nitrogens with zero attached hydrogens (tertiary/aromatic N) is 1. The summed E-state index contributed by atoms with van der Waals surface area (Å²) in [5.74, 6) is -0.353. The third-order valence-electron chi connectivity index (χ3n) is 6.45. The summed E-state index contributed by atoms with van der Waals surface area (Å²) in [5, 5.41) is 10.9. The van der Waals surface area contributed by atoms with E-state index < -0.39 is 17.8 Å². The van der Waals surface area contributed by atoms with Gasteiger partial charge in [0.25, 0.3) is 0 Å². The van der Waals surface area contributed by atoms with Crippen molar-refractivity contribution in [3.63, 3.8) is 0 Å². The lowest BCUT2D eigenvalue weighted by Gasteiger charge is -2.47. The molecule has 3 nitrogen and oxygen atoms in total. The van der Waals surface area contributed by atoms with Gasteiger partial charge in [-0.1, -0.05) is 31.9 Å². The molecule has 0 aliphatic heterocycles. The monoisotopic (exact) mass is 403 g/mol. The molecule has 0 saturated heterocycles. The van der Waals surface area contributed by atoms with E-state index in [1.807, 2.05) is 6.92 Å². The predicted octanol–water partition coefficient (Wildman–Crippen LogP) is 5.43. The molecule has 4 rings (SSSR count). The largest absolute Gasteiger partial charge is 0.416 e. The van der Waals surface area contributed by atoms with Crippen LogP contribution in [0.3, 0.4) is 0 Å². The van der Waals surface area contributed by atoms with E-state index in [2.05, 4.69) is 4.98 Å². The lowest BCUT2D eigenvalue weighted by molar-refractivity contribution is -0.137. The minimum absolute atomic E-state index is 0.141. The van der Waals surface area contributed by atoms with E-state index in [0.717, 1.165) is 54.6 Å². The zero-order chi connectivity index (χ0) is 20.8. The van der Waals surface area contributed by atoms with Crippen LogP contribution in [0.2, 0.25) is 0 Å². The van der Waals surface area contributed by atoms with Crippen LogP contribution in [-0.4, -0.2) is 15.9 Å². The van der Waals surface area contributed by atoms with Crippen molar-refractivity contribution >= 4 is 5.78 Å². The van der Waals surface area contributed by atoms with Crippen LogP contribution in [0.4, 0.5) is 13.2 Å². The quantitative estimate of drug-likeness (QED) is 0.692. The summed E-state index contributed by atoms with van der Waals surface area (Å²) in [4.78, 5) is 17.6. The Morgan fingerprint density at radius 1 is 1.24 bits per heavy atom. The maximum Gasteiger partial charge on any atom is 0.416 e. The van der Waals surface area contributed by atoms with E-state index >= 15 is 0 Å². The van der Waals surface area contributed by atoms with Crippen LogP contribution in [0, 0.1) is 5.41 Å². The fraction of sp³-hybridized carbons (Fsp3) is 0.478. The van der Waals surface area contributed by atoms with Crippen molar-refractivity contribution in [1.29, 1.82) is 0 Å². The van der Waals surface area contributed by atoms with Gasteiger partial charge in [0.2, 0.25) is 0 Å². The highest BCUT2D eigenvalue weighted by molar-refractivity contribution is 6.10. The third-order valence-corrected chi connectivity index (χ3v) is 6.45. The molecule has 1 aromatic heterocycles. The van der Waals surface area contributed by atoms with Gasteiger partial charge < -0.3 is 5.11 Å². The maximum atomic E-state index is 13.1. The highest BCUT2D eigenvalue weighted by Gasteiger charge is 2.44. The van der Waals surface area contributed by atoms with Crippen molar-refractivity contribution in [3.8, 4) is 0 Å². The molecule has 2 aliphatic carbocycles. The highest BCUT2D eigenvalue weighted by Crippen LogP contribution is 2.53. The molecule has 1 unspecified atom stereocenters. The van der Waals surface area contributed by atoms with E-state index in [1.54, 1.807) is 6.20 Å². The number of hydrogen-bond acceptors (Lipinski definition) is 3. The SMILES string of the molecule is CCCc1c(C(=O)c2ccc(C(F)(F)F)cc2)cnc2c1C(O)CC1(CCC1)C2. The molecular formula is C23H24F3NO2. The first-order chi connectivity index (χ1) is 13.7. The van der Waals surface area contributed by atoms with E-state index in [9.17, 15) is 23.1 Å². The van der Waals surface area contributed by atoms with Crippen molar-refractivity contribution in [2.24, 2.45) is 5.41 Å². The number of carbonyl (C=O) groups is 1. The number of benzene rings is 1. The Bertz CT molecular complexity index is 930. The molecule has 1 aromatic carbocycles. The summed E-state index contributed by atoms with van der Waals surface area (Å²) in [5.41, 5.74) is 2.36. The maximum absolute atomic E-state index is 13.1. The number of hydrogen-bond donors (Lipinski definition) is 1. The smallest absolute Gasteiger partial charge is 0.388 e. The molecule has 1 saturated carbocycles. The summed E-state index contributed by atoms with van der Waals surface area (Å²) < 4.78 is 38.4. The van der Waals surface area contributed by atoms with E-state index in [4.69, 9.17) is 0 Å². The number of rotatable bonds is 4. The number of aliphatic hydroxyl groups excluding tert-OH is 1. The van der Waals surface area contributed by atoms with Gasteiger partial charge in [0.15, 0.2) is 5.78 Å². The lowest BCUT2D eigenvalue weighted by atomic mass is 9.59. The number of aliphatic hydroxyl groups is 1. The zero-order valence-electron chi connectivity index (χ0n) is 16.4. The topological polar surface area (TPSA) is 50.2 Å². The molecule has 2 aliphatic rings. The van der Waals surface area contributed by atoms with Gasteiger partial charge in [0.05, 0.1) is 11.7 Å². The Balaban J connectivity index is 1.72. The molecule has 0 amide bonds. The number of pyridine rings is 1. The second-order valence-corrected chi connectivity index (χ2v) is 8.42. The van der Waals surface area contributed by atoms with Crippen molar-refractivity contribution < 1.29 is 23.1 Å². The molecule has 1 heterocycles. The highest BCUT2D eigenvalue weighted by atomic mass is 19.4. The average Bonchev–Trinajstić information content (AvgIpc) is 2.65. The van der Waals surface area contributed by atoms with Crippen molar-refractivity contribution in [2.75, 3.05) is 0 Å². The number of halogens is 3. The Labute approximate surface area is 168 Å². The fourth-order valence-corrected chi connectivity index (χ4v) is 4.82. The summed E-state index contributed by atoms with van der Waals surface area (Å²) in [7, 11) is 0. The van der Waals surface area contributed by atoms with Gasteiger partial charge in [0, 0.05) is 28.6 Å². The van der Waals surface area contributed by atoms with Gasteiger partial charge in [-0.2, -0.15) is 13.2 Å². The van der Waals surface area contributed by atoms with Gasteiger partial charge in [-0.15, -0.1) is 0 Å². The number of alkyl halides is 3. The number of aromatic nitrogens is 1. The molecule has 6 heteroatoms. The second kappa shape index (κ2) is 7.24. The summed E-state index contributed by atoms with van der Waals surface area (Å²) >= 11 is 0. The van der Waals surface area contributed by atoms with E-state index in [-0.39, 0.29) is 16.8 Å². The van der Waals surface area contributed by atoms with E-state index in [1.165, 1.54) is 18.6 Å². The van der Waals surface area contributed by atoms with Gasteiger partial charge in [-0.25, -0.2) is 0 Å². The van der Waals surface area contributed by atoms with Crippen molar-refractivity contribution in [1.82, 2.24) is 4.98 Å². The first-order valence-corrected chi connectivity index (χ1v) is 10.1. The molecule has 154 valence electrons.